The lowest BCUT2D eigenvalue weighted by Gasteiger charge is -2.20. The van der Waals surface area contributed by atoms with Crippen LogP contribution in [0.1, 0.15) is 51.9 Å². The molecule has 0 fully saturated rings. The highest BCUT2D eigenvalue weighted by atomic mass is 15.2. The lowest BCUT2D eigenvalue weighted by molar-refractivity contribution is 0.559. The topological polar surface area (TPSA) is 43.6 Å². The van der Waals surface area contributed by atoms with Gasteiger partial charge in [-0.1, -0.05) is 34.6 Å². The first-order valence-electron chi connectivity index (χ1n) is 6.65. The molecule has 0 amide bonds. The van der Waals surface area contributed by atoms with Gasteiger partial charge in [0, 0.05) is 30.4 Å². The molecule has 0 aliphatic rings. The zero-order chi connectivity index (χ0) is 14.2. The fraction of sp³-hybridized carbons (Fsp3) is 0.533. The second kappa shape index (κ2) is 4.76. The smallest absolute Gasteiger partial charge is 0.0951 e. The van der Waals surface area contributed by atoms with Crippen molar-refractivity contribution >= 4 is 0 Å². The quantitative estimate of drug-likeness (QED) is 0.830. The van der Waals surface area contributed by atoms with Crippen LogP contribution < -0.4 is 0 Å². The maximum atomic E-state index is 4.83. The molecule has 2 heterocycles. The molecular weight excluding hydrogens is 236 g/mol. The van der Waals surface area contributed by atoms with Crippen LogP contribution in [0.2, 0.25) is 0 Å². The Bertz CT molecular complexity index is 576. The first-order valence-corrected chi connectivity index (χ1v) is 6.65. The van der Waals surface area contributed by atoms with Crippen LogP contribution >= 0.6 is 0 Å². The Morgan fingerprint density at radius 2 is 1.84 bits per heavy atom. The summed E-state index contributed by atoms with van der Waals surface area (Å²) in [6.07, 6.45) is 5.70. The summed E-state index contributed by atoms with van der Waals surface area (Å²) in [4.78, 5) is 9.46. The fourth-order valence-electron chi connectivity index (χ4n) is 1.93. The van der Waals surface area contributed by atoms with Gasteiger partial charge in [0.25, 0.3) is 0 Å². The van der Waals surface area contributed by atoms with Gasteiger partial charge < -0.3 is 0 Å². The average Bonchev–Trinajstić information content (AvgIpc) is 2.73. The maximum Gasteiger partial charge on any atom is 0.0951 e. The Morgan fingerprint density at radius 3 is 2.32 bits per heavy atom. The Labute approximate surface area is 114 Å². The van der Waals surface area contributed by atoms with E-state index in [1.54, 1.807) is 4.68 Å². The van der Waals surface area contributed by atoms with Crippen LogP contribution in [0.3, 0.4) is 0 Å². The van der Waals surface area contributed by atoms with Crippen LogP contribution in [0.5, 0.6) is 0 Å². The summed E-state index contributed by atoms with van der Waals surface area (Å²) in [5.41, 5.74) is 4.06. The second-order valence-corrected chi connectivity index (χ2v) is 6.30. The summed E-state index contributed by atoms with van der Waals surface area (Å²) in [7, 11) is 1.91. The monoisotopic (exact) mass is 258 g/mol. The number of aromatic nitrogens is 4. The second-order valence-electron chi connectivity index (χ2n) is 6.30. The van der Waals surface area contributed by atoms with Gasteiger partial charge in [-0.2, -0.15) is 5.10 Å². The zero-order valence-corrected chi connectivity index (χ0v) is 12.6. The SMILES string of the molecule is CC(C)c1nc(C(C)(C)C)cnc1-c1cnn(C)c1. The molecule has 0 aromatic carbocycles. The van der Waals surface area contributed by atoms with E-state index in [0.717, 1.165) is 22.6 Å². The first-order chi connectivity index (χ1) is 8.79. The van der Waals surface area contributed by atoms with Gasteiger partial charge in [-0.25, -0.2) is 0 Å². The molecule has 0 radical (unpaired) electrons. The number of hydrogen-bond donors (Lipinski definition) is 0. The third-order valence-electron chi connectivity index (χ3n) is 3.09. The van der Waals surface area contributed by atoms with Crippen molar-refractivity contribution in [1.29, 1.82) is 0 Å². The Kier molecular flexibility index (Phi) is 3.43. The third kappa shape index (κ3) is 2.83. The number of aryl methyl sites for hydroxylation is 1. The molecule has 0 saturated heterocycles. The van der Waals surface area contributed by atoms with E-state index in [0.29, 0.717) is 5.92 Å². The highest BCUT2D eigenvalue weighted by Crippen LogP contribution is 2.28. The maximum absolute atomic E-state index is 4.83. The summed E-state index contributed by atoms with van der Waals surface area (Å²) >= 11 is 0. The molecule has 0 saturated carbocycles. The van der Waals surface area contributed by atoms with E-state index in [4.69, 9.17) is 4.98 Å². The molecule has 19 heavy (non-hydrogen) atoms. The van der Waals surface area contributed by atoms with Crippen LogP contribution in [-0.2, 0) is 12.5 Å². The largest absolute Gasteiger partial charge is 0.275 e. The van der Waals surface area contributed by atoms with Gasteiger partial charge in [0.15, 0.2) is 0 Å². The summed E-state index contributed by atoms with van der Waals surface area (Å²) in [6.45, 7) is 10.8. The van der Waals surface area contributed by atoms with Crippen molar-refractivity contribution in [2.75, 3.05) is 0 Å². The number of nitrogens with zero attached hydrogens (tertiary/aromatic N) is 4. The van der Waals surface area contributed by atoms with Crippen LogP contribution in [0.25, 0.3) is 11.3 Å². The van der Waals surface area contributed by atoms with E-state index in [9.17, 15) is 0 Å². The molecule has 0 atom stereocenters. The van der Waals surface area contributed by atoms with Gasteiger partial charge >= 0.3 is 0 Å². The molecule has 2 rings (SSSR count). The van der Waals surface area contributed by atoms with Crippen LogP contribution in [0.4, 0.5) is 0 Å². The molecule has 0 aliphatic carbocycles. The van der Waals surface area contributed by atoms with Crippen molar-refractivity contribution in [2.24, 2.45) is 7.05 Å². The van der Waals surface area contributed by atoms with Crippen molar-refractivity contribution in [2.45, 2.75) is 46.0 Å². The average molecular weight is 258 g/mol. The van der Waals surface area contributed by atoms with Crippen molar-refractivity contribution in [3.63, 3.8) is 0 Å². The predicted molar refractivity (Wildman–Crippen MR) is 77.0 cm³/mol. The van der Waals surface area contributed by atoms with Gasteiger partial charge in [0.05, 0.1) is 23.3 Å². The van der Waals surface area contributed by atoms with E-state index in [1.807, 2.05) is 25.6 Å². The van der Waals surface area contributed by atoms with Crippen LogP contribution in [0.15, 0.2) is 18.6 Å². The van der Waals surface area contributed by atoms with E-state index in [1.165, 1.54) is 0 Å². The summed E-state index contributed by atoms with van der Waals surface area (Å²) < 4.78 is 1.79. The molecular formula is C15H22N4. The Morgan fingerprint density at radius 1 is 1.16 bits per heavy atom. The van der Waals surface area contributed by atoms with Crippen molar-refractivity contribution in [1.82, 2.24) is 19.7 Å². The van der Waals surface area contributed by atoms with Crippen molar-refractivity contribution < 1.29 is 0 Å². The zero-order valence-electron chi connectivity index (χ0n) is 12.6. The van der Waals surface area contributed by atoms with Crippen LogP contribution in [-0.4, -0.2) is 19.7 Å². The van der Waals surface area contributed by atoms with E-state index in [-0.39, 0.29) is 5.41 Å². The molecule has 0 bridgehead atoms. The molecule has 4 heteroatoms. The van der Waals surface area contributed by atoms with Gasteiger partial charge in [-0.15, -0.1) is 0 Å². The molecule has 4 nitrogen and oxygen atoms in total. The minimum atomic E-state index is 0.0180. The highest BCUT2D eigenvalue weighted by molar-refractivity contribution is 5.60. The lowest BCUT2D eigenvalue weighted by atomic mass is 9.92. The molecule has 0 N–H and O–H groups in total. The summed E-state index contributed by atoms with van der Waals surface area (Å²) in [5.74, 6) is 0.338. The van der Waals surface area contributed by atoms with Gasteiger partial charge in [-0.3, -0.25) is 14.6 Å². The predicted octanol–water partition coefficient (Wildman–Crippen LogP) is 3.30. The van der Waals surface area contributed by atoms with E-state index >= 15 is 0 Å². The summed E-state index contributed by atoms with van der Waals surface area (Å²) in [6, 6.07) is 0. The van der Waals surface area contributed by atoms with Crippen LogP contribution in [0, 0.1) is 0 Å². The summed E-state index contributed by atoms with van der Waals surface area (Å²) in [5, 5.41) is 4.21. The standard InChI is InChI=1S/C15H22N4/c1-10(2)13-14(11-7-17-19(6)9-11)16-8-12(18-13)15(3,4)5/h7-10H,1-6H3. The van der Waals surface area contributed by atoms with Gasteiger partial charge in [0.2, 0.25) is 0 Å². The highest BCUT2D eigenvalue weighted by Gasteiger charge is 2.20. The van der Waals surface area contributed by atoms with Crippen molar-refractivity contribution in [3.8, 4) is 11.3 Å². The fourth-order valence-corrected chi connectivity index (χ4v) is 1.93. The molecule has 102 valence electrons. The number of rotatable bonds is 2. The molecule has 0 spiro atoms. The number of hydrogen-bond acceptors (Lipinski definition) is 3. The van der Waals surface area contributed by atoms with Crippen molar-refractivity contribution in [3.05, 3.63) is 30.0 Å². The van der Waals surface area contributed by atoms with E-state index in [2.05, 4.69) is 44.7 Å². The first kappa shape index (κ1) is 13.7. The molecule has 2 aromatic heterocycles. The van der Waals surface area contributed by atoms with E-state index < -0.39 is 0 Å². The normalized spacial score (nSPS) is 12.2. The molecule has 2 aromatic rings. The molecule has 0 aliphatic heterocycles. The minimum absolute atomic E-state index is 0.0180. The Hall–Kier alpha value is -1.71. The molecule has 0 unspecified atom stereocenters. The third-order valence-corrected chi connectivity index (χ3v) is 3.09. The minimum Gasteiger partial charge on any atom is -0.275 e. The lowest BCUT2D eigenvalue weighted by Crippen LogP contribution is -2.16. The Balaban J connectivity index is 2.56. The van der Waals surface area contributed by atoms with Gasteiger partial charge in [0.1, 0.15) is 0 Å². The van der Waals surface area contributed by atoms with Gasteiger partial charge in [-0.05, 0) is 5.92 Å².